The number of aromatic amines is 1. The molecule has 0 bridgehead atoms. The van der Waals surface area contributed by atoms with Gasteiger partial charge in [-0.15, -0.1) is 11.3 Å². The first kappa shape index (κ1) is 13.5. The van der Waals surface area contributed by atoms with Gasteiger partial charge in [0.2, 0.25) is 0 Å². The van der Waals surface area contributed by atoms with Crippen molar-refractivity contribution < 1.29 is 14.7 Å². The molecule has 1 atom stereocenters. The Morgan fingerprint density at radius 3 is 2.89 bits per heavy atom. The van der Waals surface area contributed by atoms with Crippen molar-refractivity contribution in [2.24, 2.45) is 0 Å². The molecule has 0 fully saturated rings. The average Bonchev–Trinajstić information content (AvgIpc) is 3.06. The summed E-state index contributed by atoms with van der Waals surface area (Å²) < 4.78 is 0. The quantitative estimate of drug-likeness (QED) is 0.725. The first-order chi connectivity index (χ1) is 9.03. The lowest BCUT2D eigenvalue weighted by atomic mass is 10.1. The molecule has 19 heavy (non-hydrogen) atoms. The summed E-state index contributed by atoms with van der Waals surface area (Å²) in [5, 5.41) is 14.8. The van der Waals surface area contributed by atoms with Crippen molar-refractivity contribution in [1.29, 1.82) is 0 Å². The summed E-state index contributed by atoms with van der Waals surface area (Å²) in [5.41, 5.74) is -0.469. The predicted molar refractivity (Wildman–Crippen MR) is 72.4 cm³/mol. The van der Waals surface area contributed by atoms with E-state index in [1.165, 1.54) is 23.5 Å². The number of hydrogen-bond acceptors (Lipinski definition) is 4. The van der Waals surface area contributed by atoms with Gasteiger partial charge in [0, 0.05) is 4.88 Å². The van der Waals surface area contributed by atoms with Gasteiger partial charge in [-0.3, -0.25) is 9.59 Å². The summed E-state index contributed by atoms with van der Waals surface area (Å²) in [6.45, 7) is 1.74. The predicted octanol–water partition coefficient (Wildman–Crippen LogP) is 1.53. The molecule has 2 heterocycles. The second-order valence-corrected chi connectivity index (χ2v) is 5.33. The van der Waals surface area contributed by atoms with Crippen molar-refractivity contribution in [3.05, 3.63) is 45.9 Å². The van der Waals surface area contributed by atoms with E-state index < -0.39 is 5.60 Å². The fourth-order valence-electron chi connectivity index (χ4n) is 1.63. The topological polar surface area (TPSA) is 82.2 Å². The molecular formula is C13H14N2O3S. The van der Waals surface area contributed by atoms with Gasteiger partial charge in [-0.25, -0.2) is 0 Å². The number of aromatic nitrogens is 1. The number of nitrogens with one attached hydrogen (secondary N) is 2. The number of carbonyl (C=O) groups excluding carboxylic acids is 2. The van der Waals surface area contributed by atoms with Gasteiger partial charge in [-0.05, 0) is 30.5 Å². The number of aliphatic hydroxyl groups is 1. The molecule has 0 spiro atoms. The first-order valence-corrected chi connectivity index (χ1v) is 6.59. The molecule has 0 saturated carbocycles. The highest BCUT2D eigenvalue weighted by atomic mass is 32.1. The van der Waals surface area contributed by atoms with Crippen LogP contribution in [0.4, 0.5) is 0 Å². The van der Waals surface area contributed by atoms with Gasteiger partial charge in [0.1, 0.15) is 11.3 Å². The molecule has 2 rings (SSSR count). The molecule has 3 N–H and O–H groups in total. The normalized spacial score (nSPS) is 13.8. The molecule has 0 saturated heterocycles. The van der Waals surface area contributed by atoms with E-state index in [1.807, 2.05) is 17.5 Å². The van der Waals surface area contributed by atoms with E-state index in [-0.39, 0.29) is 12.5 Å². The maximum atomic E-state index is 11.8. The number of thiophene rings is 1. The number of H-pyrrole nitrogens is 1. The van der Waals surface area contributed by atoms with Crippen molar-refractivity contribution in [3.8, 4) is 0 Å². The van der Waals surface area contributed by atoms with Gasteiger partial charge < -0.3 is 15.4 Å². The molecule has 100 valence electrons. The Bertz CT molecular complexity index is 572. The van der Waals surface area contributed by atoms with Gasteiger partial charge in [0.05, 0.1) is 12.2 Å². The maximum absolute atomic E-state index is 11.8. The molecule has 1 amide bonds. The lowest BCUT2D eigenvalue weighted by molar-refractivity contribution is 0.0555. The molecule has 2 aromatic rings. The standard InChI is InChI=1S/C13H14N2O3S/c1-13(18,11-3-2-6-19-11)8-14-12(17)10-5-4-9(7-16)15-10/h2-7,15,18H,8H2,1H3,(H,14,17). The molecule has 1 unspecified atom stereocenters. The molecule has 6 heteroatoms. The van der Waals surface area contributed by atoms with Crippen molar-refractivity contribution in [2.75, 3.05) is 6.54 Å². The monoisotopic (exact) mass is 278 g/mol. The number of carbonyl (C=O) groups is 2. The summed E-state index contributed by atoms with van der Waals surface area (Å²) in [4.78, 5) is 25.8. The van der Waals surface area contributed by atoms with Crippen molar-refractivity contribution in [3.63, 3.8) is 0 Å². The van der Waals surface area contributed by atoms with E-state index in [4.69, 9.17) is 0 Å². The van der Waals surface area contributed by atoms with Gasteiger partial charge >= 0.3 is 0 Å². The van der Waals surface area contributed by atoms with Gasteiger partial charge in [0.25, 0.3) is 5.91 Å². The fourth-order valence-corrected chi connectivity index (χ4v) is 2.42. The van der Waals surface area contributed by atoms with E-state index in [9.17, 15) is 14.7 Å². The molecule has 2 aromatic heterocycles. The zero-order chi connectivity index (χ0) is 13.9. The van der Waals surface area contributed by atoms with Crippen molar-refractivity contribution >= 4 is 23.5 Å². The van der Waals surface area contributed by atoms with Crippen LogP contribution in [0.2, 0.25) is 0 Å². The molecule has 0 radical (unpaired) electrons. The third-order valence-corrected chi connectivity index (χ3v) is 3.85. The first-order valence-electron chi connectivity index (χ1n) is 5.72. The summed E-state index contributed by atoms with van der Waals surface area (Å²) in [6, 6.07) is 6.71. The Morgan fingerprint density at radius 2 is 2.32 bits per heavy atom. The third kappa shape index (κ3) is 3.10. The molecule has 5 nitrogen and oxygen atoms in total. The number of aldehydes is 1. The Labute approximate surface area is 114 Å². The highest BCUT2D eigenvalue weighted by Crippen LogP contribution is 2.24. The minimum Gasteiger partial charge on any atom is -0.383 e. The van der Waals surface area contributed by atoms with Gasteiger partial charge in [-0.2, -0.15) is 0 Å². The number of amides is 1. The second-order valence-electron chi connectivity index (χ2n) is 4.38. The minimum atomic E-state index is -1.11. The maximum Gasteiger partial charge on any atom is 0.267 e. The number of rotatable bonds is 5. The molecule has 0 aliphatic heterocycles. The smallest absolute Gasteiger partial charge is 0.267 e. The summed E-state index contributed by atoms with van der Waals surface area (Å²) in [6.07, 6.45) is 0.637. The van der Waals surface area contributed by atoms with E-state index in [0.717, 1.165) is 4.88 Å². The molecule has 0 aliphatic carbocycles. The Morgan fingerprint density at radius 1 is 1.53 bits per heavy atom. The van der Waals surface area contributed by atoms with Crippen LogP contribution in [0.5, 0.6) is 0 Å². The Hall–Kier alpha value is -1.92. The van der Waals surface area contributed by atoms with Crippen LogP contribution in [0.15, 0.2) is 29.6 Å². The largest absolute Gasteiger partial charge is 0.383 e. The van der Waals surface area contributed by atoms with Crippen LogP contribution in [-0.2, 0) is 5.60 Å². The lowest BCUT2D eigenvalue weighted by Crippen LogP contribution is -2.38. The van der Waals surface area contributed by atoms with E-state index in [2.05, 4.69) is 10.3 Å². The highest BCUT2D eigenvalue weighted by Gasteiger charge is 2.25. The Kier molecular flexibility index (Phi) is 3.82. The fraction of sp³-hybridized carbons (Fsp3) is 0.231. The van der Waals surface area contributed by atoms with Crippen LogP contribution in [0, 0.1) is 0 Å². The SMILES string of the molecule is CC(O)(CNC(=O)c1ccc(C=O)[nH]1)c1cccs1. The van der Waals surface area contributed by atoms with E-state index in [1.54, 1.807) is 6.92 Å². The van der Waals surface area contributed by atoms with Crippen LogP contribution >= 0.6 is 11.3 Å². The van der Waals surface area contributed by atoms with Crippen molar-refractivity contribution in [2.45, 2.75) is 12.5 Å². The summed E-state index contributed by atoms with van der Waals surface area (Å²) in [5.74, 6) is -0.357. The van der Waals surface area contributed by atoms with Crippen LogP contribution < -0.4 is 5.32 Å². The minimum absolute atomic E-state index is 0.0990. The van der Waals surface area contributed by atoms with E-state index in [0.29, 0.717) is 17.7 Å². The molecule has 0 aromatic carbocycles. The number of hydrogen-bond donors (Lipinski definition) is 3. The zero-order valence-electron chi connectivity index (χ0n) is 10.3. The second kappa shape index (κ2) is 5.38. The van der Waals surface area contributed by atoms with Crippen LogP contribution in [0.1, 0.15) is 32.8 Å². The van der Waals surface area contributed by atoms with E-state index >= 15 is 0 Å². The highest BCUT2D eigenvalue weighted by molar-refractivity contribution is 7.10. The van der Waals surface area contributed by atoms with Gasteiger partial charge in [-0.1, -0.05) is 6.07 Å². The summed E-state index contributed by atoms with van der Waals surface area (Å²) >= 11 is 1.43. The molecule has 0 aliphatic rings. The van der Waals surface area contributed by atoms with Crippen LogP contribution in [0.3, 0.4) is 0 Å². The van der Waals surface area contributed by atoms with Gasteiger partial charge in [0.15, 0.2) is 6.29 Å². The van der Waals surface area contributed by atoms with Crippen LogP contribution in [-0.4, -0.2) is 28.8 Å². The zero-order valence-corrected chi connectivity index (χ0v) is 11.2. The Balaban J connectivity index is 1.98. The lowest BCUT2D eigenvalue weighted by Gasteiger charge is -2.22. The third-order valence-electron chi connectivity index (χ3n) is 2.73. The summed E-state index contributed by atoms with van der Waals surface area (Å²) in [7, 11) is 0. The van der Waals surface area contributed by atoms with Crippen molar-refractivity contribution in [1.82, 2.24) is 10.3 Å². The van der Waals surface area contributed by atoms with Crippen LogP contribution in [0.25, 0.3) is 0 Å². The average molecular weight is 278 g/mol. The molecular weight excluding hydrogens is 264 g/mol.